The molecule has 0 aliphatic carbocycles. The van der Waals surface area contributed by atoms with E-state index in [1.165, 1.54) is 24.3 Å². The summed E-state index contributed by atoms with van der Waals surface area (Å²) >= 11 is 0.841. The molecule has 172 valence electrons. The summed E-state index contributed by atoms with van der Waals surface area (Å²) in [7, 11) is 0. The number of amides is 1. The van der Waals surface area contributed by atoms with Gasteiger partial charge in [0.2, 0.25) is 0 Å². The summed E-state index contributed by atoms with van der Waals surface area (Å²) in [5, 5.41) is 11.0. The summed E-state index contributed by atoms with van der Waals surface area (Å²) < 4.78 is 20.0. The Morgan fingerprint density at radius 3 is 2.56 bits per heavy atom. The van der Waals surface area contributed by atoms with E-state index in [9.17, 15) is 23.9 Å². The number of aliphatic hydroxyl groups excluding tert-OH is 1. The van der Waals surface area contributed by atoms with Gasteiger partial charge in [0.1, 0.15) is 29.1 Å². The van der Waals surface area contributed by atoms with Crippen molar-refractivity contribution in [1.82, 2.24) is 4.98 Å². The van der Waals surface area contributed by atoms with Crippen LogP contribution in [0.5, 0.6) is 0 Å². The summed E-state index contributed by atoms with van der Waals surface area (Å²) in [6, 6.07) is 12.6. The van der Waals surface area contributed by atoms with Gasteiger partial charge in [-0.3, -0.25) is 14.5 Å². The molecule has 3 aromatic rings. The monoisotopic (exact) mass is 478 g/mol. The van der Waals surface area contributed by atoms with Gasteiger partial charge in [-0.25, -0.2) is 14.2 Å². The van der Waals surface area contributed by atoms with Crippen molar-refractivity contribution < 1.29 is 28.6 Å². The lowest BCUT2D eigenvalue weighted by molar-refractivity contribution is -0.132. The molecule has 0 bridgehead atoms. The zero-order valence-electron chi connectivity index (χ0n) is 18.0. The summed E-state index contributed by atoms with van der Waals surface area (Å²) in [4.78, 5) is 44.1. The highest BCUT2D eigenvalue weighted by atomic mass is 32.1. The molecule has 1 atom stereocenters. The van der Waals surface area contributed by atoms with Crippen LogP contribution in [-0.4, -0.2) is 34.4 Å². The van der Waals surface area contributed by atoms with Gasteiger partial charge in [0.15, 0.2) is 5.13 Å². The van der Waals surface area contributed by atoms with Crippen LogP contribution in [0.25, 0.3) is 5.76 Å². The Balaban J connectivity index is 1.90. The normalized spacial score (nSPS) is 17.1. The molecule has 1 aromatic heterocycles. The quantitative estimate of drug-likeness (QED) is 0.183. The molecule has 1 fully saturated rings. The molecule has 0 unspecified atom stereocenters. The number of aryl methyl sites for hydroxylation is 1. The zero-order valence-corrected chi connectivity index (χ0v) is 18.8. The van der Waals surface area contributed by atoms with E-state index >= 15 is 0 Å². The van der Waals surface area contributed by atoms with Crippen LogP contribution in [-0.2, 0) is 14.3 Å². The van der Waals surface area contributed by atoms with Crippen molar-refractivity contribution in [2.24, 2.45) is 0 Å². The van der Waals surface area contributed by atoms with Crippen LogP contribution in [0.1, 0.15) is 32.5 Å². The smallest absolute Gasteiger partial charge is 0.350 e. The Morgan fingerprint density at radius 1 is 1.21 bits per heavy atom. The fourth-order valence-electron chi connectivity index (χ4n) is 3.65. The van der Waals surface area contributed by atoms with E-state index in [2.05, 4.69) is 11.6 Å². The molecular formula is C25H19FN2O5S. The molecule has 9 heteroatoms. The minimum atomic E-state index is -1.29. The largest absolute Gasteiger partial charge is 0.507 e. The lowest BCUT2D eigenvalue weighted by Crippen LogP contribution is -2.29. The Hall–Kier alpha value is -4.11. The molecule has 2 aromatic carbocycles. The summed E-state index contributed by atoms with van der Waals surface area (Å²) in [5.74, 6) is -3.75. The van der Waals surface area contributed by atoms with Gasteiger partial charge in [0.25, 0.3) is 5.78 Å². The lowest BCUT2D eigenvalue weighted by Gasteiger charge is -2.23. The van der Waals surface area contributed by atoms with Gasteiger partial charge in [0.05, 0.1) is 11.3 Å². The van der Waals surface area contributed by atoms with Crippen molar-refractivity contribution in [3.63, 3.8) is 0 Å². The number of ketones is 1. The first-order valence-corrected chi connectivity index (χ1v) is 11.0. The number of aliphatic hydroxyl groups is 1. The predicted octanol–water partition coefficient (Wildman–Crippen LogP) is 4.56. The Bertz CT molecular complexity index is 1330. The van der Waals surface area contributed by atoms with E-state index in [0.717, 1.165) is 16.2 Å². The van der Waals surface area contributed by atoms with Crippen LogP contribution in [0.4, 0.5) is 9.52 Å². The Morgan fingerprint density at radius 2 is 1.88 bits per heavy atom. The number of anilines is 1. The molecule has 1 N–H and O–H groups in total. The molecule has 34 heavy (non-hydrogen) atoms. The molecule has 0 radical (unpaired) electrons. The highest BCUT2D eigenvalue weighted by Crippen LogP contribution is 2.44. The maximum atomic E-state index is 14.9. The van der Waals surface area contributed by atoms with Gasteiger partial charge in [-0.15, -0.1) is 0 Å². The number of carbonyl (C=O) groups is 3. The molecule has 0 saturated carbocycles. The van der Waals surface area contributed by atoms with Crippen LogP contribution >= 0.6 is 11.3 Å². The van der Waals surface area contributed by atoms with Gasteiger partial charge < -0.3 is 9.84 Å². The molecule has 0 spiro atoms. The maximum absolute atomic E-state index is 14.9. The van der Waals surface area contributed by atoms with E-state index in [-0.39, 0.29) is 33.4 Å². The molecule has 4 rings (SSSR count). The average molecular weight is 479 g/mol. The highest BCUT2D eigenvalue weighted by molar-refractivity contribution is 7.17. The summed E-state index contributed by atoms with van der Waals surface area (Å²) in [6.07, 6.45) is 1.41. The number of carbonyl (C=O) groups excluding carboxylic acids is 3. The maximum Gasteiger partial charge on any atom is 0.350 e. The van der Waals surface area contributed by atoms with Crippen molar-refractivity contribution in [2.75, 3.05) is 11.5 Å². The van der Waals surface area contributed by atoms with Crippen molar-refractivity contribution in [3.8, 4) is 0 Å². The minimum absolute atomic E-state index is 0.00261. The third-order valence-corrected chi connectivity index (χ3v) is 6.34. The number of rotatable bonds is 6. The van der Waals surface area contributed by atoms with Crippen LogP contribution in [0.15, 0.2) is 72.8 Å². The van der Waals surface area contributed by atoms with E-state index in [0.29, 0.717) is 5.56 Å². The summed E-state index contributed by atoms with van der Waals surface area (Å²) in [6.45, 7) is 5.04. The van der Waals surface area contributed by atoms with Crippen LogP contribution in [0.2, 0.25) is 0 Å². The van der Waals surface area contributed by atoms with Crippen LogP contribution < -0.4 is 4.90 Å². The average Bonchev–Trinajstić information content (AvgIpc) is 3.34. The number of thiazole rings is 1. The standard InChI is InChI=1S/C25H19FN2O5S/c1-3-13-33-24(32)22-14(2)27-25(34-22)28-19(16-11-7-8-12-17(16)26)18(21(30)23(28)31)20(29)15-9-5-4-6-10-15/h3-12,19,29H,1,13H2,2H3/t19-/m1/s1. The number of halogens is 1. The number of benzene rings is 2. The van der Waals surface area contributed by atoms with Crippen LogP contribution in [0.3, 0.4) is 0 Å². The number of Topliss-reactive ketones (excluding diaryl/α,β-unsaturated/α-hetero) is 1. The van der Waals surface area contributed by atoms with Gasteiger partial charge in [0, 0.05) is 11.1 Å². The number of hydrogen-bond donors (Lipinski definition) is 1. The van der Waals surface area contributed by atoms with E-state index in [1.807, 2.05) is 0 Å². The Kier molecular flexibility index (Phi) is 6.38. The van der Waals surface area contributed by atoms with Gasteiger partial charge in [-0.1, -0.05) is 72.5 Å². The molecular weight excluding hydrogens is 459 g/mol. The topological polar surface area (TPSA) is 96.8 Å². The Labute approximate surface area is 198 Å². The number of esters is 1. The van der Waals surface area contributed by atoms with Crippen LogP contribution in [0, 0.1) is 12.7 Å². The van der Waals surface area contributed by atoms with Crippen molar-refractivity contribution >= 4 is 39.9 Å². The summed E-state index contributed by atoms with van der Waals surface area (Å²) in [5.41, 5.74) is 0.310. The predicted molar refractivity (Wildman–Crippen MR) is 125 cm³/mol. The number of aromatic nitrogens is 1. The molecule has 1 aliphatic rings. The molecule has 7 nitrogen and oxygen atoms in total. The first-order chi connectivity index (χ1) is 16.3. The van der Waals surface area contributed by atoms with Gasteiger partial charge >= 0.3 is 11.9 Å². The van der Waals surface area contributed by atoms with E-state index in [4.69, 9.17) is 4.74 Å². The van der Waals surface area contributed by atoms with Gasteiger partial charge in [-0.2, -0.15) is 0 Å². The zero-order chi connectivity index (χ0) is 24.4. The molecule has 2 heterocycles. The third kappa shape index (κ3) is 4.01. The van der Waals surface area contributed by atoms with Crippen molar-refractivity contribution in [1.29, 1.82) is 0 Å². The molecule has 1 saturated heterocycles. The minimum Gasteiger partial charge on any atom is -0.507 e. The van der Waals surface area contributed by atoms with Crippen molar-refractivity contribution in [3.05, 3.63) is 100 Å². The second kappa shape index (κ2) is 9.40. The second-order valence-corrected chi connectivity index (χ2v) is 8.33. The number of hydrogen-bond acceptors (Lipinski definition) is 7. The second-order valence-electron chi connectivity index (χ2n) is 7.35. The molecule has 1 aliphatic heterocycles. The first kappa shape index (κ1) is 23.1. The first-order valence-electron chi connectivity index (χ1n) is 10.2. The SMILES string of the molecule is C=CCOC(=O)c1sc(N2C(=O)C(=O)C(=C(O)c3ccccc3)[C@H]2c2ccccc2F)nc1C. The third-order valence-electron chi connectivity index (χ3n) is 5.20. The highest BCUT2D eigenvalue weighted by Gasteiger charge is 2.49. The van der Waals surface area contributed by atoms with E-state index in [1.54, 1.807) is 43.3 Å². The van der Waals surface area contributed by atoms with Gasteiger partial charge in [-0.05, 0) is 13.0 Å². The number of nitrogens with zero attached hydrogens (tertiary/aromatic N) is 2. The van der Waals surface area contributed by atoms with E-state index < -0.39 is 35.3 Å². The van der Waals surface area contributed by atoms with Crippen molar-refractivity contribution in [2.45, 2.75) is 13.0 Å². The lowest BCUT2D eigenvalue weighted by atomic mass is 9.95. The fourth-order valence-corrected chi connectivity index (χ4v) is 4.63. The number of ether oxygens (including phenoxy) is 1. The fraction of sp³-hybridized carbons (Fsp3) is 0.120. The molecule has 1 amide bonds.